The fourth-order valence-corrected chi connectivity index (χ4v) is 6.57. The van der Waals surface area contributed by atoms with Crippen molar-refractivity contribution in [1.82, 2.24) is 0 Å². The third kappa shape index (κ3) is 12.1. The second-order valence-electron chi connectivity index (χ2n) is 16.4. The van der Waals surface area contributed by atoms with Gasteiger partial charge in [0.15, 0.2) is 0 Å². The smallest absolute Gasteiger partial charge is 0.405 e. The fourth-order valence-electron chi connectivity index (χ4n) is 5.09. The standard InChI is InChI=1S/C14H22BNO4S.C12H24B2O4.C8H10BrNO2S/c1-13(2)14(3,4)20-15(19-13)12-7-5-6-11(10-12)8-9-21(16,17)18;1-9(2)10(3,4)16-13(15-9)14-17-11(5,6)12(7,8)18-14;9-8-3-1-2-7(6-8)4-5-13(10,11)12/h5-7,10H,8-9H2,1-4H3,(H2,16,17,18);1-8H3;1-3,6H,4-5H2,(H2,10,11,12). The number of nitrogens with two attached hydrogens (primary N) is 2. The molecule has 0 spiro atoms. The second kappa shape index (κ2) is 16.0. The summed E-state index contributed by atoms with van der Waals surface area (Å²) < 4.78 is 80.2. The quantitative estimate of drug-likeness (QED) is 0.364. The van der Waals surface area contributed by atoms with E-state index in [2.05, 4.69) is 15.9 Å². The number of sulfonamides is 2. The van der Waals surface area contributed by atoms with Crippen LogP contribution < -0.4 is 15.7 Å². The van der Waals surface area contributed by atoms with Crippen LogP contribution in [-0.4, -0.2) is 83.1 Å². The highest BCUT2D eigenvalue weighted by atomic mass is 79.9. The fraction of sp³-hybridized carbons (Fsp3) is 0.647. The van der Waals surface area contributed by atoms with Crippen molar-refractivity contribution in [2.75, 3.05) is 11.5 Å². The number of hydrogen-bond acceptors (Lipinski definition) is 10. The Bertz CT molecular complexity index is 1690. The van der Waals surface area contributed by atoms with Gasteiger partial charge in [0.25, 0.3) is 0 Å². The normalized spacial score (nSPS) is 22.3. The third-order valence-corrected chi connectivity index (χ3v) is 12.5. The van der Waals surface area contributed by atoms with Gasteiger partial charge in [0.05, 0.1) is 45.1 Å². The number of benzene rings is 2. The zero-order valence-corrected chi connectivity index (χ0v) is 35.8. The van der Waals surface area contributed by atoms with E-state index in [9.17, 15) is 16.8 Å². The van der Waals surface area contributed by atoms with Gasteiger partial charge in [-0.2, -0.15) is 0 Å². The molecule has 0 amide bonds. The first-order valence-corrected chi connectivity index (χ1v) is 21.5. The van der Waals surface area contributed by atoms with Crippen molar-refractivity contribution < 1.29 is 44.8 Å². The van der Waals surface area contributed by atoms with Gasteiger partial charge in [-0.15, -0.1) is 0 Å². The summed E-state index contributed by atoms with van der Waals surface area (Å²) in [6, 6.07) is 15.1. The first kappa shape index (κ1) is 45.1. The highest BCUT2D eigenvalue weighted by Crippen LogP contribution is 2.43. The summed E-state index contributed by atoms with van der Waals surface area (Å²) in [7, 11) is -8.20. The van der Waals surface area contributed by atoms with Gasteiger partial charge in [-0.3, -0.25) is 0 Å². The molecule has 0 aromatic heterocycles. The summed E-state index contributed by atoms with van der Waals surface area (Å²) in [5.74, 6) is -0.0801. The topological polar surface area (TPSA) is 176 Å². The molecule has 12 nitrogen and oxygen atoms in total. The van der Waals surface area contributed by atoms with Crippen molar-refractivity contribution in [3.8, 4) is 0 Å². The lowest BCUT2D eigenvalue weighted by atomic mass is 9.49. The molecule has 0 radical (unpaired) electrons. The van der Waals surface area contributed by atoms with Crippen molar-refractivity contribution in [2.45, 2.75) is 130 Å². The largest absolute Gasteiger partial charge is 0.494 e. The molecule has 2 aromatic carbocycles. The second-order valence-corrected chi connectivity index (χ2v) is 20.8. The maximum Gasteiger partial charge on any atom is 0.494 e. The van der Waals surface area contributed by atoms with E-state index in [0.29, 0.717) is 12.8 Å². The van der Waals surface area contributed by atoms with E-state index < -0.39 is 52.4 Å². The summed E-state index contributed by atoms with van der Waals surface area (Å²) in [6.45, 7) is 24.2. The van der Waals surface area contributed by atoms with Gasteiger partial charge in [0.2, 0.25) is 20.0 Å². The molecule has 18 heteroatoms. The van der Waals surface area contributed by atoms with E-state index in [1.165, 1.54) is 0 Å². The van der Waals surface area contributed by atoms with E-state index in [0.717, 1.165) is 21.1 Å². The average molecular weight is 829 g/mol. The molecule has 3 aliphatic rings. The minimum Gasteiger partial charge on any atom is -0.405 e. The monoisotopic (exact) mass is 828 g/mol. The molecule has 0 aliphatic carbocycles. The first-order chi connectivity index (χ1) is 23.4. The molecule has 4 N–H and O–H groups in total. The van der Waals surface area contributed by atoms with Crippen LogP contribution in [0.2, 0.25) is 0 Å². The lowest BCUT2D eigenvalue weighted by molar-refractivity contribution is 0.00578. The van der Waals surface area contributed by atoms with Crippen LogP contribution in [0.4, 0.5) is 0 Å². The summed E-state index contributed by atoms with van der Waals surface area (Å²) >= 11 is 3.30. The number of primary sulfonamides is 2. The molecule has 3 heterocycles. The van der Waals surface area contributed by atoms with Crippen LogP contribution in [0, 0.1) is 0 Å². The summed E-state index contributed by atoms with van der Waals surface area (Å²) in [5, 5.41) is 9.92. The molecule has 0 bridgehead atoms. The SMILES string of the molecule is CC1(C)OB(B2OC(C)(C)C(C)(C)O2)OC1(C)C.CC1(C)OB(c2cccc(CCS(N)(=O)=O)c2)OC1(C)C.NS(=O)(=O)CCc1cccc(Br)c1. The molecule has 2 aromatic rings. The van der Waals surface area contributed by atoms with Gasteiger partial charge in [-0.25, -0.2) is 27.1 Å². The predicted molar refractivity (Wildman–Crippen MR) is 212 cm³/mol. The van der Waals surface area contributed by atoms with Gasteiger partial charge in [0, 0.05) is 4.47 Å². The highest BCUT2D eigenvalue weighted by Gasteiger charge is 2.63. The molecule has 5 rings (SSSR count). The Kier molecular flexibility index (Phi) is 13.9. The Morgan fingerprint density at radius 3 is 1.21 bits per heavy atom. The van der Waals surface area contributed by atoms with Crippen LogP contribution in [0.1, 0.15) is 94.2 Å². The van der Waals surface area contributed by atoms with Crippen molar-refractivity contribution in [2.24, 2.45) is 10.3 Å². The molecule has 290 valence electrons. The zero-order chi connectivity index (χ0) is 39.8. The Labute approximate surface area is 321 Å². The summed E-state index contributed by atoms with van der Waals surface area (Å²) in [6.07, 6.45) is 0.838. The molecule has 52 heavy (non-hydrogen) atoms. The van der Waals surface area contributed by atoms with E-state index in [1.807, 2.05) is 132 Å². The number of rotatable bonds is 8. The molecule has 3 aliphatic heterocycles. The van der Waals surface area contributed by atoms with Crippen LogP contribution in [0.15, 0.2) is 53.0 Å². The third-order valence-electron chi connectivity index (χ3n) is 10.5. The van der Waals surface area contributed by atoms with Gasteiger partial charge >= 0.3 is 21.1 Å². The van der Waals surface area contributed by atoms with E-state index in [1.54, 1.807) is 0 Å². The molecule has 3 saturated heterocycles. The summed E-state index contributed by atoms with van der Waals surface area (Å²) in [4.78, 5) is 0. The Balaban J connectivity index is 0.000000216. The minimum absolute atomic E-state index is 0.0105. The van der Waals surface area contributed by atoms with Crippen molar-refractivity contribution in [1.29, 1.82) is 0 Å². The maximum absolute atomic E-state index is 11.0. The highest BCUT2D eigenvalue weighted by molar-refractivity contribution is 9.10. The molecular weight excluding hydrogens is 773 g/mol. The Morgan fingerprint density at radius 2 is 0.865 bits per heavy atom. The number of hydrogen-bond donors (Lipinski definition) is 2. The number of halogens is 1. The molecule has 0 saturated carbocycles. The van der Waals surface area contributed by atoms with Crippen LogP contribution in [0.25, 0.3) is 0 Å². The lowest BCUT2D eigenvalue weighted by Crippen LogP contribution is -2.41. The average Bonchev–Trinajstić information content (AvgIpc) is 3.44. The number of aryl methyl sites for hydroxylation is 2. The van der Waals surface area contributed by atoms with E-state index in [-0.39, 0.29) is 33.9 Å². The maximum atomic E-state index is 11.0. The van der Waals surface area contributed by atoms with Gasteiger partial charge < -0.3 is 27.9 Å². The molecule has 0 unspecified atom stereocenters. The molecule has 0 atom stereocenters. The predicted octanol–water partition coefficient (Wildman–Crippen LogP) is 4.35. The van der Waals surface area contributed by atoms with Gasteiger partial charge in [0.1, 0.15) is 0 Å². The Morgan fingerprint density at radius 1 is 0.538 bits per heavy atom. The van der Waals surface area contributed by atoms with Crippen LogP contribution in [-0.2, 0) is 60.8 Å². The molecular formula is C34H56B3BrN2O10S2. The molecule has 3 fully saturated rings. The van der Waals surface area contributed by atoms with E-state index >= 15 is 0 Å². The van der Waals surface area contributed by atoms with Crippen molar-refractivity contribution in [3.63, 3.8) is 0 Å². The lowest BCUT2D eigenvalue weighted by Gasteiger charge is -2.32. The first-order valence-electron chi connectivity index (χ1n) is 17.3. The van der Waals surface area contributed by atoms with Gasteiger partial charge in [-0.1, -0.05) is 52.3 Å². The van der Waals surface area contributed by atoms with Crippen LogP contribution in [0.5, 0.6) is 0 Å². The van der Waals surface area contributed by atoms with Crippen LogP contribution in [0.3, 0.4) is 0 Å². The zero-order valence-electron chi connectivity index (χ0n) is 32.6. The van der Waals surface area contributed by atoms with Crippen molar-refractivity contribution >= 4 is 62.6 Å². The summed E-state index contributed by atoms with van der Waals surface area (Å²) in [5.41, 5.74) is 0.522. The Hall–Kier alpha value is -1.31. The van der Waals surface area contributed by atoms with Crippen LogP contribution >= 0.6 is 15.9 Å². The minimum atomic E-state index is -3.45. The van der Waals surface area contributed by atoms with E-state index in [4.69, 9.17) is 38.2 Å². The van der Waals surface area contributed by atoms with Crippen molar-refractivity contribution in [3.05, 3.63) is 64.1 Å². The van der Waals surface area contributed by atoms with Gasteiger partial charge in [-0.05, 0) is 125 Å².